The van der Waals surface area contributed by atoms with Crippen LogP contribution in [0, 0.1) is 11.3 Å². The highest BCUT2D eigenvalue weighted by atomic mass is 16.5. The summed E-state index contributed by atoms with van der Waals surface area (Å²) in [5, 5.41) is 0. The lowest BCUT2D eigenvalue weighted by molar-refractivity contribution is 0.00810. The third kappa shape index (κ3) is 3.71. The molecule has 6 heteroatoms. The van der Waals surface area contributed by atoms with Crippen molar-refractivity contribution < 1.29 is 9.47 Å². The molecule has 4 heterocycles. The van der Waals surface area contributed by atoms with Gasteiger partial charge in [0.1, 0.15) is 6.33 Å². The molecular weight excluding hydrogens is 304 g/mol. The molecule has 0 saturated carbocycles. The normalized spacial score (nSPS) is 32.2. The van der Waals surface area contributed by atoms with E-state index in [1.54, 1.807) is 6.33 Å². The van der Waals surface area contributed by atoms with Gasteiger partial charge in [0.2, 0.25) is 0 Å². The van der Waals surface area contributed by atoms with Gasteiger partial charge in [0.25, 0.3) is 0 Å². The zero-order chi connectivity index (χ0) is 16.2. The predicted octanol–water partition coefficient (Wildman–Crippen LogP) is 1.43. The minimum Gasteiger partial charge on any atom is -0.381 e. The van der Waals surface area contributed by atoms with Crippen LogP contribution in [0.5, 0.6) is 0 Å². The first kappa shape index (κ1) is 16.2. The Bertz CT molecular complexity index is 523. The van der Waals surface area contributed by atoms with Crippen molar-refractivity contribution in [1.29, 1.82) is 0 Å². The van der Waals surface area contributed by atoms with Crippen molar-refractivity contribution in [3.63, 3.8) is 0 Å². The molecule has 3 saturated heterocycles. The van der Waals surface area contributed by atoms with Crippen LogP contribution in [0.4, 0.5) is 5.69 Å². The molecule has 3 aliphatic rings. The Morgan fingerprint density at radius 3 is 2.88 bits per heavy atom. The monoisotopic (exact) mass is 332 g/mol. The summed E-state index contributed by atoms with van der Waals surface area (Å²) >= 11 is 0. The van der Waals surface area contributed by atoms with Crippen LogP contribution >= 0.6 is 0 Å². The molecule has 132 valence electrons. The number of rotatable bonds is 3. The van der Waals surface area contributed by atoms with E-state index >= 15 is 0 Å². The Labute approximate surface area is 144 Å². The zero-order valence-corrected chi connectivity index (χ0v) is 14.4. The molecule has 3 aliphatic heterocycles. The summed E-state index contributed by atoms with van der Waals surface area (Å²) in [7, 11) is 0. The van der Waals surface area contributed by atoms with Gasteiger partial charge in [0.15, 0.2) is 0 Å². The molecule has 1 aromatic rings. The average molecular weight is 332 g/mol. The van der Waals surface area contributed by atoms with Gasteiger partial charge in [0.05, 0.1) is 37.9 Å². The maximum atomic E-state index is 6.02. The van der Waals surface area contributed by atoms with Gasteiger partial charge in [-0.25, -0.2) is 9.97 Å². The number of likely N-dealkylation sites (tertiary alicyclic amines) is 1. The van der Waals surface area contributed by atoms with Crippen LogP contribution < -0.4 is 4.90 Å². The third-order valence-electron chi connectivity index (χ3n) is 5.63. The van der Waals surface area contributed by atoms with Crippen molar-refractivity contribution in [2.75, 3.05) is 64.1 Å². The zero-order valence-electron chi connectivity index (χ0n) is 14.4. The molecule has 2 atom stereocenters. The standard InChI is InChI=1S/C18H28N4O2/c1-3-18(12-21(4-1)10-16-2-6-23-11-16)13-22(5-7-24-14-18)17-8-19-15-20-9-17/h8-9,15-16H,1-7,10-14H2. The highest BCUT2D eigenvalue weighted by molar-refractivity contribution is 5.42. The van der Waals surface area contributed by atoms with Crippen molar-refractivity contribution in [2.24, 2.45) is 11.3 Å². The van der Waals surface area contributed by atoms with Gasteiger partial charge in [-0.2, -0.15) is 0 Å². The Hall–Kier alpha value is -1.24. The number of ether oxygens (including phenoxy) is 2. The summed E-state index contributed by atoms with van der Waals surface area (Å²) in [5.74, 6) is 0.713. The number of hydrogen-bond donors (Lipinski definition) is 0. The fourth-order valence-corrected chi connectivity index (χ4v) is 4.47. The summed E-state index contributed by atoms with van der Waals surface area (Å²) in [6.07, 6.45) is 9.16. The van der Waals surface area contributed by atoms with E-state index < -0.39 is 0 Å². The Morgan fingerprint density at radius 2 is 2.04 bits per heavy atom. The van der Waals surface area contributed by atoms with E-state index in [1.807, 2.05) is 12.4 Å². The van der Waals surface area contributed by atoms with Gasteiger partial charge in [-0.15, -0.1) is 0 Å². The van der Waals surface area contributed by atoms with Gasteiger partial charge >= 0.3 is 0 Å². The Balaban J connectivity index is 1.45. The van der Waals surface area contributed by atoms with Crippen molar-refractivity contribution in [2.45, 2.75) is 19.3 Å². The highest BCUT2D eigenvalue weighted by Gasteiger charge is 2.39. The first-order chi connectivity index (χ1) is 11.8. The number of anilines is 1. The molecule has 0 bridgehead atoms. The van der Waals surface area contributed by atoms with Gasteiger partial charge in [0, 0.05) is 38.2 Å². The molecule has 0 aromatic carbocycles. The van der Waals surface area contributed by atoms with E-state index in [0.717, 1.165) is 51.7 Å². The summed E-state index contributed by atoms with van der Waals surface area (Å²) < 4.78 is 11.6. The van der Waals surface area contributed by atoms with Gasteiger partial charge in [-0.05, 0) is 31.7 Å². The molecule has 3 fully saturated rings. The van der Waals surface area contributed by atoms with Crippen LogP contribution in [0.1, 0.15) is 19.3 Å². The molecule has 0 radical (unpaired) electrons. The number of hydrogen-bond acceptors (Lipinski definition) is 6. The van der Waals surface area contributed by atoms with E-state index in [1.165, 1.54) is 32.4 Å². The quantitative estimate of drug-likeness (QED) is 0.835. The Kier molecular flexibility index (Phi) is 4.96. The molecule has 24 heavy (non-hydrogen) atoms. The SMILES string of the molecule is c1ncc(N2CCOCC3(CCCN(CC4CCOC4)C3)C2)cn1. The van der Waals surface area contributed by atoms with Gasteiger partial charge in [-0.1, -0.05) is 0 Å². The molecule has 1 aromatic heterocycles. The fourth-order valence-electron chi connectivity index (χ4n) is 4.47. The minimum absolute atomic E-state index is 0.226. The van der Waals surface area contributed by atoms with Crippen LogP contribution in [-0.4, -0.2) is 74.0 Å². The van der Waals surface area contributed by atoms with Crippen molar-refractivity contribution >= 4 is 5.69 Å². The molecule has 6 nitrogen and oxygen atoms in total. The molecule has 2 unspecified atom stereocenters. The summed E-state index contributed by atoms with van der Waals surface area (Å²) in [6.45, 7) is 9.02. The van der Waals surface area contributed by atoms with Crippen molar-refractivity contribution in [3.8, 4) is 0 Å². The largest absolute Gasteiger partial charge is 0.381 e. The molecule has 0 N–H and O–H groups in total. The topological polar surface area (TPSA) is 50.7 Å². The second-order valence-electron chi connectivity index (χ2n) is 7.64. The van der Waals surface area contributed by atoms with E-state index in [0.29, 0.717) is 5.92 Å². The van der Waals surface area contributed by atoms with Crippen LogP contribution in [0.25, 0.3) is 0 Å². The second kappa shape index (κ2) is 7.33. The van der Waals surface area contributed by atoms with Crippen molar-refractivity contribution in [3.05, 3.63) is 18.7 Å². The molecule has 4 rings (SSSR count). The number of piperidine rings is 1. The van der Waals surface area contributed by atoms with Crippen LogP contribution in [0.15, 0.2) is 18.7 Å². The summed E-state index contributed by atoms with van der Waals surface area (Å²) in [6, 6.07) is 0. The van der Waals surface area contributed by atoms with Crippen molar-refractivity contribution in [1.82, 2.24) is 14.9 Å². The molecule has 0 amide bonds. The van der Waals surface area contributed by atoms with Crippen LogP contribution in [0.2, 0.25) is 0 Å². The Morgan fingerprint density at radius 1 is 1.12 bits per heavy atom. The lowest BCUT2D eigenvalue weighted by atomic mass is 9.79. The maximum Gasteiger partial charge on any atom is 0.115 e. The van der Waals surface area contributed by atoms with E-state index in [2.05, 4.69) is 19.8 Å². The van der Waals surface area contributed by atoms with Gasteiger partial charge < -0.3 is 19.3 Å². The second-order valence-corrected chi connectivity index (χ2v) is 7.64. The van der Waals surface area contributed by atoms with E-state index in [9.17, 15) is 0 Å². The lowest BCUT2D eigenvalue weighted by Crippen LogP contribution is -2.51. The van der Waals surface area contributed by atoms with E-state index in [-0.39, 0.29) is 5.41 Å². The fraction of sp³-hybridized carbons (Fsp3) is 0.778. The van der Waals surface area contributed by atoms with Crippen LogP contribution in [0.3, 0.4) is 0 Å². The smallest absolute Gasteiger partial charge is 0.115 e. The highest BCUT2D eigenvalue weighted by Crippen LogP contribution is 2.35. The lowest BCUT2D eigenvalue weighted by Gasteiger charge is -2.44. The molecule has 0 aliphatic carbocycles. The van der Waals surface area contributed by atoms with Gasteiger partial charge in [-0.3, -0.25) is 0 Å². The predicted molar refractivity (Wildman–Crippen MR) is 92.1 cm³/mol. The first-order valence-electron chi connectivity index (χ1n) is 9.21. The average Bonchev–Trinajstić information content (AvgIpc) is 3.03. The number of nitrogens with zero attached hydrogens (tertiary/aromatic N) is 4. The minimum atomic E-state index is 0.226. The molecular formula is C18H28N4O2. The third-order valence-corrected chi connectivity index (χ3v) is 5.63. The number of aromatic nitrogens is 2. The van der Waals surface area contributed by atoms with Crippen LogP contribution in [-0.2, 0) is 9.47 Å². The summed E-state index contributed by atoms with van der Waals surface area (Å²) in [5.41, 5.74) is 1.34. The molecule has 1 spiro atoms. The first-order valence-corrected chi connectivity index (χ1v) is 9.21. The maximum absolute atomic E-state index is 6.02. The summed E-state index contributed by atoms with van der Waals surface area (Å²) in [4.78, 5) is 13.4. The van der Waals surface area contributed by atoms with E-state index in [4.69, 9.17) is 9.47 Å².